The molecule has 2 unspecified atom stereocenters. The minimum atomic E-state index is -0.663. The van der Waals surface area contributed by atoms with Crippen LogP contribution in [0.2, 0.25) is 0 Å². The normalized spacial score (nSPS) is 26.6. The molecule has 3 heterocycles. The number of carbonyl (C=O) groups is 3. The Kier molecular flexibility index (Phi) is 3.43. The van der Waals surface area contributed by atoms with E-state index in [1.165, 1.54) is 4.90 Å². The molecule has 6 nitrogen and oxygen atoms in total. The zero-order valence-electron chi connectivity index (χ0n) is 10.8. The Bertz CT molecular complexity index is 543. The number of carbonyl (C=O) groups excluding carboxylic acids is 3. The maximum atomic E-state index is 12.5. The number of nitrogens with zero attached hydrogens (tertiary/aromatic N) is 1. The number of rotatable bonds is 2. The van der Waals surface area contributed by atoms with Crippen molar-refractivity contribution in [3.05, 3.63) is 22.4 Å². The molecule has 1 aromatic heterocycles. The lowest BCUT2D eigenvalue weighted by molar-refractivity contribution is -0.143. The van der Waals surface area contributed by atoms with E-state index in [4.69, 9.17) is 0 Å². The summed E-state index contributed by atoms with van der Waals surface area (Å²) in [4.78, 5) is 37.8. The molecule has 2 fully saturated rings. The largest absolute Gasteiger partial charge is 0.353 e. The minimum Gasteiger partial charge on any atom is -0.353 e. The summed E-state index contributed by atoms with van der Waals surface area (Å²) in [7, 11) is 0. The Balaban J connectivity index is 1.83. The molecule has 0 bridgehead atoms. The van der Waals surface area contributed by atoms with Gasteiger partial charge < -0.3 is 15.5 Å². The van der Waals surface area contributed by atoms with Crippen molar-refractivity contribution in [1.82, 2.24) is 15.5 Å². The number of nitrogens with one attached hydrogen (secondary N) is 2. The van der Waals surface area contributed by atoms with E-state index in [0.717, 1.165) is 5.56 Å². The van der Waals surface area contributed by atoms with Crippen molar-refractivity contribution in [3.63, 3.8) is 0 Å². The van der Waals surface area contributed by atoms with Crippen molar-refractivity contribution in [1.29, 1.82) is 0 Å². The SMILES string of the molecule is O=C1CC2C(=O)NCCN2C(=O)C(Cc2ccsc2)N1. The number of fused-ring (bicyclic) bond motifs is 1. The van der Waals surface area contributed by atoms with E-state index in [1.807, 2.05) is 16.8 Å². The van der Waals surface area contributed by atoms with Crippen LogP contribution in [0, 0.1) is 0 Å². The van der Waals surface area contributed by atoms with Gasteiger partial charge in [-0.25, -0.2) is 0 Å². The van der Waals surface area contributed by atoms with Gasteiger partial charge in [-0.05, 0) is 22.4 Å². The molecule has 2 N–H and O–H groups in total. The molecule has 2 aliphatic heterocycles. The van der Waals surface area contributed by atoms with Crippen molar-refractivity contribution in [2.45, 2.75) is 24.9 Å². The van der Waals surface area contributed by atoms with Gasteiger partial charge in [0.25, 0.3) is 0 Å². The maximum Gasteiger partial charge on any atom is 0.246 e. The topological polar surface area (TPSA) is 78.5 Å². The summed E-state index contributed by atoms with van der Waals surface area (Å²) in [6.45, 7) is 0.908. The Morgan fingerprint density at radius 3 is 2.95 bits per heavy atom. The van der Waals surface area contributed by atoms with Gasteiger partial charge in [0.1, 0.15) is 12.1 Å². The van der Waals surface area contributed by atoms with Gasteiger partial charge in [-0.15, -0.1) is 0 Å². The van der Waals surface area contributed by atoms with Crippen molar-refractivity contribution >= 4 is 29.1 Å². The summed E-state index contributed by atoms with van der Waals surface area (Å²) in [6.07, 6.45) is 0.511. The fourth-order valence-corrected chi connectivity index (χ4v) is 3.34. The summed E-state index contributed by atoms with van der Waals surface area (Å²) < 4.78 is 0. The van der Waals surface area contributed by atoms with Crippen LogP contribution in [0.4, 0.5) is 0 Å². The second kappa shape index (κ2) is 5.24. The predicted octanol–water partition coefficient (Wildman–Crippen LogP) is -0.494. The van der Waals surface area contributed by atoms with Gasteiger partial charge in [-0.1, -0.05) is 0 Å². The van der Waals surface area contributed by atoms with Gasteiger partial charge >= 0.3 is 0 Å². The molecule has 0 saturated carbocycles. The molecule has 0 spiro atoms. The summed E-state index contributed by atoms with van der Waals surface area (Å²) in [5.41, 5.74) is 1.02. The van der Waals surface area contributed by atoms with E-state index in [-0.39, 0.29) is 24.1 Å². The van der Waals surface area contributed by atoms with Crippen LogP contribution in [0.25, 0.3) is 0 Å². The Hall–Kier alpha value is -1.89. The first-order chi connectivity index (χ1) is 9.65. The van der Waals surface area contributed by atoms with Crippen molar-refractivity contribution in [2.24, 2.45) is 0 Å². The maximum absolute atomic E-state index is 12.5. The van der Waals surface area contributed by atoms with Crippen LogP contribution in [0.3, 0.4) is 0 Å². The lowest BCUT2D eigenvalue weighted by Gasteiger charge is -2.34. The van der Waals surface area contributed by atoms with Gasteiger partial charge in [0, 0.05) is 19.5 Å². The third kappa shape index (κ3) is 2.40. The number of hydrogen-bond acceptors (Lipinski definition) is 4. The third-order valence-corrected chi connectivity index (χ3v) is 4.38. The average Bonchev–Trinajstić information content (AvgIpc) is 2.88. The van der Waals surface area contributed by atoms with Crippen molar-refractivity contribution in [3.8, 4) is 0 Å². The van der Waals surface area contributed by atoms with Gasteiger partial charge in [-0.2, -0.15) is 11.3 Å². The highest BCUT2D eigenvalue weighted by molar-refractivity contribution is 7.07. The van der Waals surface area contributed by atoms with E-state index < -0.39 is 12.1 Å². The molecule has 2 aliphatic rings. The molecular weight excluding hydrogens is 278 g/mol. The quantitative estimate of drug-likeness (QED) is 0.772. The highest BCUT2D eigenvalue weighted by Gasteiger charge is 2.40. The van der Waals surface area contributed by atoms with Crippen LogP contribution < -0.4 is 10.6 Å². The van der Waals surface area contributed by atoms with E-state index in [0.29, 0.717) is 19.5 Å². The number of hydrogen-bond donors (Lipinski definition) is 2. The van der Waals surface area contributed by atoms with Crippen LogP contribution in [-0.4, -0.2) is 47.8 Å². The number of amides is 3. The molecule has 7 heteroatoms. The standard InChI is InChI=1S/C13H15N3O3S/c17-11-6-10-12(18)14-2-3-16(10)13(19)9(15-11)5-8-1-4-20-7-8/h1,4,7,9-10H,2-3,5-6H2,(H,14,18)(H,15,17). The van der Waals surface area contributed by atoms with Gasteiger partial charge in [0.05, 0.1) is 6.42 Å². The lowest BCUT2D eigenvalue weighted by atomic mass is 10.1. The molecular formula is C13H15N3O3S. The third-order valence-electron chi connectivity index (χ3n) is 3.65. The Morgan fingerprint density at radius 1 is 1.35 bits per heavy atom. The minimum absolute atomic E-state index is 0.0394. The number of piperazine rings is 1. The first-order valence-corrected chi connectivity index (χ1v) is 7.48. The summed E-state index contributed by atoms with van der Waals surface area (Å²) in [5.74, 6) is -0.652. The molecule has 20 heavy (non-hydrogen) atoms. The number of thiophene rings is 1. The van der Waals surface area contributed by atoms with Crippen LogP contribution in [0.1, 0.15) is 12.0 Å². The zero-order chi connectivity index (χ0) is 14.1. The monoisotopic (exact) mass is 293 g/mol. The van der Waals surface area contributed by atoms with E-state index in [1.54, 1.807) is 11.3 Å². The highest BCUT2D eigenvalue weighted by atomic mass is 32.1. The molecule has 2 saturated heterocycles. The fourth-order valence-electron chi connectivity index (χ4n) is 2.66. The van der Waals surface area contributed by atoms with Gasteiger partial charge in [0.15, 0.2) is 0 Å². The van der Waals surface area contributed by atoms with E-state index in [9.17, 15) is 14.4 Å². The molecule has 1 aromatic rings. The molecule has 3 amide bonds. The molecule has 2 atom stereocenters. The second-order valence-corrected chi connectivity index (χ2v) is 5.78. The van der Waals surface area contributed by atoms with Crippen molar-refractivity contribution < 1.29 is 14.4 Å². The van der Waals surface area contributed by atoms with Gasteiger partial charge in [-0.3, -0.25) is 14.4 Å². The predicted molar refractivity (Wildman–Crippen MR) is 73.1 cm³/mol. The molecule has 106 valence electrons. The van der Waals surface area contributed by atoms with Crippen molar-refractivity contribution in [2.75, 3.05) is 13.1 Å². The second-order valence-electron chi connectivity index (χ2n) is 5.00. The highest BCUT2D eigenvalue weighted by Crippen LogP contribution is 2.17. The van der Waals surface area contributed by atoms with Crippen LogP contribution in [0.15, 0.2) is 16.8 Å². The van der Waals surface area contributed by atoms with Gasteiger partial charge in [0.2, 0.25) is 17.7 Å². The summed E-state index contributed by atoms with van der Waals surface area (Å²) in [6, 6.07) is 0.701. The zero-order valence-corrected chi connectivity index (χ0v) is 11.6. The molecule has 0 radical (unpaired) electrons. The average molecular weight is 293 g/mol. The van der Waals surface area contributed by atoms with E-state index in [2.05, 4.69) is 10.6 Å². The molecule has 0 aromatic carbocycles. The summed E-state index contributed by atoms with van der Waals surface area (Å²) in [5, 5.41) is 9.34. The van der Waals surface area contributed by atoms with Crippen LogP contribution >= 0.6 is 11.3 Å². The first kappa shape index (κ1) is 13.1. The fraction of sp³-hybridized carbons (Fsp3) is 0.462. The lowest BCUT2D eigenvalue weighted by Crippen LogP contribution is -2.58. The molecule has 3 rings (SSSR count). The Morgan fingerprint density at radius 2 is 2.20 bits per heavy atom. The smallest absolute Gasteiger partial charge is 0.246 e. The van der Waals surface area contributed by atoms with Crippen LogP contribution in [0.5, 0.6) is 0 Å². The first-order valence-electron chi connectivity index (χ1n) is 6.54. The summed E-state index contributed by atoms with van der Waals surface area (Å²) >= 11 is 1.56. The molecule has 0 aliphatic carbocycles. The van der Waals surface area contributed by atoms with Crippen LogP contribution in [-0.2, 0) is 20.8 Å². The Labute approximate surface area is 120 Å². The van der Waals surface area contributed by atoms with E-state index >= 15 is 0 Å².